The molecular formula is C20H24N4OS. The van der Waals surface area contributed by atoms with E-state index in [0.29, 0.717) is 0 Å². The number of nitrogens with zero attached hydrogens (tertiary/aromatic N) is 4. The first-order valence-corrected chi connectivity index (χ1v) is 9.88. The smallest absolute Gasteiger partial charge is 0.191 e. The van der Waals surface area contributed by atoms with Crippen molar-refractivity contribution in [1.29, 1.82) is 0 Å². The van der Waals surface area contributed by atoms with Gasteiger partial charge in [0.25, 0.3) is 0 Å². The molecule has 0 aliphatic rings. The molecule has 0 unspecified atom stereocenters. The van der Waals surface area contributed by atoms with Gasteiger partial charge in [-0.1, -0.05) is 30.8 Å². The van der Waals surface area contributed by atoms with Crippen LogP contribution in [0.5, 0.6) is 5.75 Å². The van der Waals surface area contributed by atoms with Gasteiger partial charge in [-0.3, -0.25) is 4.98 Å². The molecule has 0 amide bonds. The van der Waals surface area contributed by atoms with Crippen molar-refractivity contribution in [3.63, 3.8) is 0 Å². The maximum atomic E-state index is 5.78. The molecule has 0 saturated heterocycles. The topological polar surface area (TPSA) is 52.8 Å². The summed E-state index contributed by atoms with van der Waals surface area (Å²) >= 11 is 1.70. The molecule has 2 aromatic heterocycles. The molecule has 1 aromatic carbocycles. The molecule has 0 aliphatic carbocycles. The lowest BCUT2D eigenvalue weighted by Gasteiger charge is -2.11. The number of hydrogen-bond donors (Lipinski definition) is 0. The number of hydrogen-bond acceptors (Lipinski definition) is 5. The Bertz CT molecular complexity index is 833. The Morgan fingerprint density at radius 3 is 2.65 bits per heavy atom. The van der Waals surface area contributed by atoms with E-state index in [1.54, 1.807) is 24.2 Å². The van der Waals surface area contributed by atoms with Crippen LogP contribution in [0.3, 0.4) is 0 Å². The maximum absolute atomic E-state index is 5.78. The number of pyridine rings is 1. The van der Waals surface area contributed by atoms with Gasteiger partial charge in [-0.2, -0.15) is 0 Å². The first-order valence-electron chi connectivity index (χ1n) is 8.89. The minimum absolute atomic E-state index is 0.175. The lowest BCUT2D eigenvalue weighted by atomic mass is 10.2. The molecule has 0 saturated carbocycles. The largest absolute Gasteiger partial charge is 0.491 e. The van der Waals surface area contributed by atoms with Crippen LogP contribution in [-0.4, -0.2) is 25.9 Å². The van der Waals surface area contributed by atoms with Crippen LogP contribution in [0.25, 0.3) is 11.4 Å². The number of benzene rings is 1. The summed E-state index contributed by atoms with van der Waals surface area (Å²) in [6.07, 6.45) is 4.77. The van der Waals surface area contributed by atoms with Crippen molar-refractivity contribution < 1.29 is 4.74 Å². The van der Waals surface area contributed by atoms with E-state index in [-0.39, 0.29) is 6.10 Å². The molecule has 6 heteroatoms. The molecule has 0 N–H and O–H groups in total. The molecule has 3 rings (SSSR count). The van der Waals surface area contributed by atoms with Crippen molar-refractivity contribution in [2.45, 2.75) is 50.8 Å². The van der Waals surface area contributed by atoms with Gasteiger partial charge in [0.2, 0.25) is 0 Å². The molecule has 5 nitrogen and oxygen atoms in total. The summed E-state index contributed by atoms with van der Waals surface area (Å²) in [5.41, 5.74) is 2.25. The average Bonchev–Trinajstić information content (AvgIpc) is 3.04. The van der Waals surface area contributed by atoms with E-state index in [2.05, 4.69) is 38.8 Å². The van der Waals surface area contributed by atoms with Crippen LogP contribution in [0.2, 0.25) is 0 Å². The first-order chi connectivity index (χ1) is 12.7. The second kappa shape index (κ2) is 8.85. The van der Waals surface area contributed by atoms with Crippen molar-refractivity contribution in [2.75, 3.05) is 0 Å². The Labute approximate surface area is 158 Å². The van der Waals surface area contributed by atoms with Crippen LogP contribution in [0.4, 0.5) is 0 Å². The highest BCUT2D eigenvalue weighted by Crippen LogP contribution is 2.27. The van der Waals surface area contributed by atoms with E-state index in [0.717, 1.165) is 41.0 Å². The van der Waals surface area contributed by atoms with E-state index in [9.17, 15) is 0 Å². The number of thioether (sulfide) groups is 1. The summed E-state index contributed by atoms with van der Waals surface area (Å²) in [5.74, 6) is 2.63. The van der Waals surface area contributed by atoms with Crippen LogP contribution in [-0.2, 0) is 12.3 Å². The van der Waals surface area contributed by atoms with Gasteiger partial charge < -0.3 is 9.30 Å². The zero-order chi connectivity index (χ0) is 18.4. The second-order valence-electron chi connectivity index (χ2n) is 6.30. The summed E-state index contributed by atoms with van der Waals surface area (Å²) in [6, 6.07) is 12.2. The quantitative estimate of drug-likeness (QED) is 0.533. The Morgan fingerprint density at radius 2 is 1.92 bits per heavy atom. The fraction of sp³-hybridized carbons (Fsp3) is 0.350. The third-order valence-corrected chi connectivity index (χ3v) is 4.78. The predicted molar refractivity (Wildman–Crippen MR) is 105 cm³/mol. The lowest BCUT2D eigenvalue weighted by Crippen LogP contribution is -2.05. The van der Waals surface area contributed by atoms with Crippen molar-refractivity contribution >= 4 is 11.8 Å². The van der Waals surface area contributed by atoms with Gasteiger partial charge in [0.15, 0.2) is 11.0 Å². The van der Waals surface area contributed by atoms with Crippen molar-refractivity contribution in [2.24, 2.45) is 0 Å². The molecule has 0 fully saturated rings. The average molecular weight is 369 g/mol. The normalized spacial score (nSPS) is 11.1. The van der Waals surface area contributed by atoms with E-state index in [1.165, 1.54) is 5.56 Å². The van der Waals surface area contributed by atoms with Gasteiger partial charge >= 0.3 is 0 Å². The Balaban J connectivity index is 1.77. The Kier molecular flexibility index (Phi) is 6.28. The van der Waals surface area contributed by atoms with E-state index < -0.39 is 0 Å². The minimum atomic E-state index is 0.175. The minimum Gasteiger partial charge on any atom is -0.491 e. The molecule has 0 atom stereocenters. The molecule has 3 aromatic rings. The van der Waals surface area contributed by atoms with Gasteiger partial charge in [-0.25, -0.2) is 0 Å². The SMILES string of the molecule is CCCn1c(SCc2cccc(OC(C)C)c2)nnc1-c1ccncc1. The van der Waals surface area contributed by atoms with Crippen molar-refractivity contribution in [3.8, 4) is 17.1 Å². The fourth-order valence-corrected chi connectivity index (χ4v) is 3.57. The van der Waals surface area contributed by atoms with Crippen LogP contribution in [0.15, 0.2) is 53.9 Å². The highest BCUT2D eigenvalue weighted by molar-refractivity contribution is 7.98. The van der Waals surface area contributed by atoms with E-state index in [4.69, 9.17) is 4.74 Å². The van der Waals surface area contributed by atoms with Gasteiger partial charge in [0, 0.05) is 30.3 Å². The molecule has 0 aliphatic heterocycles. The van der Waals surface area contributed by atoms with Gasteiger partial charge in [0.05, 0.1) is 6.10 Å². The zero-order valence-corrected chi connectivity index (χ0v) is 16.2. The van der Waals surface area contributed by atoms with Crippen molar-refractivity contribution in [3.05, 3.63) is 54.4 Å². The van der Waals surface area contributed by atoms with Gasteiger partial charge in [-0.05, 0) is 50.1 Å². The van der Waals surface area contributed by atoms with E-state index >= 15 is 0 Å². The molecule has 0 spiro atoms. The van der Waals surface area contributed by atoms with Crippen LogP contribution >= 0.6 is 11.8 Å². The summed E-state index contributed by atoms with van der Waals surface area (Å²) in [7, 11) is 0. The monoisotopic (exact) mass is 368 g/mol. The Hall–Kier alpha value is -2.34. The van der Waals surface area contributed by atoms with Crippen molar-refractivity contribution in [1.82, 2.24) is 19.7 Å². The number of aromatic nitrogens is 4. The highest BCUT2D eigenvalue weighted by Gasteiger charge is 2.14. The molecular weight excluding hydrogens is 344 g/mol. The number of rotatable bonds is 8. The zero-order valence-electron chi connectivity index (χ0n) is 15.4. The third kappa shape index (κ3) is 4.64. The summed E-state index contributed by atoms with van der Waals surface area (Å²) in [4.78, 5) is 4.08. The van der Waals surface area contributed by atoms with Crippen LogP contribution in [0.1, 0.15) is 32.8 Å². The standard InChI is InChI=1S/C20H24N4OS/c1-4-12-24-19(17-8-10-21-11-9-17)22-23-20(24)26-14-16-6-5-7-18(13-16)25-15(2)3/h5-11,13,15H,4,12,14H2,1-3H3. The van der Waals surface area contributed by atoms with Crippen LogP contribution in [0, 0.1) is 0 Å². The molecule has 2 heterocycles. The fourth-order valence-electron chi connectivity index (χ4n) is 2.66. The molecule has 136 valence electrons. The Morgan fingerprint density at radius 1 is 1.12 bits per heavy atom. The van der Waals surface area contributed by atoms with Gasteiger partial charge in [-0.15, -0.1) is 10.2 Å². The van der Waals surface area contributed by atoms with E-state index in [1.807, 2.05) is 38.1 Å². The molecule has 26 heavy (non-hydrogen) atoms. The first kappa shape index (κ1) is 18.5. The highest BCUT2D eigenvalue weighted by atomic mass is 32.2. The molecule has 0 bridgehead atoms. The predicted octanol–water partition coefficient (Wildman–Crippen LogP) is 4.83. The maximum Gasteiger partial charge on any atom is 0.191 e. The lowest BCUT2D eigenvalue weighted by molar-refractivity contribution is 0.242. The second-order valence-corrected chi connectivity index (χ2v) is 7.24. The van der Waals surface area contributed by atoms with Gasteiger partial charge in [0.1, 0.15) is 5.75 Å². The molecule has 0 radical (unpaired) electrons. The summed E-state index contributed by atoms with van der Waals surface area (Å²) in [6.45, 7) is 7.13. The third-order valence-electron chi connectivity index (χ3n) is 3.74. The summed E-state index contributed by atoms with van der Waals surface area (Å²) in [5, 5.41) is 9.77. The van der Waals surface area contributed by atoms with Crippen LogP contribution < -0.4 is 4.74 Å². The summed E-state index contributed by atoms with van der Waals surface area (Å²) < 4.78 is 7.97. The number of ether oxygens (including phenoxy) is 1.